The van der Waals surface area contributed by atoms with Crippen molar-refractivity contribution in [3.63, 3.8) is 0 Å². The van der Waals surface area contributed by atoms with E-state index in [1.165, 1.54) is 0 Å². The van der Waals surface area contributed by atoms with Gasteiger partial charge < -0.3 is 16.4 Å². The first-order valence-electron chi connectivity index (χ1n) is 5.74. The molecule has 0 radical (unpaired) electrons. The van der Waals surface area contributed by atoms with E-state index >= 15 is 0 Å². The van der Waals surface area contributed by atoms with Gasteiger partial charge in [0.05, 0.1) is 11.4 Å². The molecular formula is C14H14BrN3O. The highest BCUT2D eigenvalue weighted by Gasteiger charge is 2.05. The number of nitrogens with two attached hydrogens (primary N) is 1. The van der Waals surface area contributed by atoms with Crippen molar-refractivity contribution < 1.29 is 4.79 Å². The molecule has 2 aromatic rings. The maximum atomic E-state index is 11.9. The third kappa shape index (κ3) is 3.72. The van der Waals surface area contributed by atoms with Crippen LogP contribution >= 0.6 is 15.9 Å². The Labute approximate surface area is 120 Å². The SMILES string of the molecule is Cc1ccc(N)c(NC(=O)Nc2cccc(Br)c2)c1. The van der Waals surface area contributed by atoms with Crippen molar-refractivity contribution in [2.75, 3.05) is 16.4 Å². The van der Waals surface area contributed by atoms with E-state index in [4.69, 9.17) is 5.73 Å². The Morgan fingerprint density at radius 2 is 1.95 bits per heavy atom. The minimum Gasteiger partial charge on any atom is -0.397 e. The zero-order valence-corrected chi connectivity index (χ0v) is 12.0. The van der Waals surface area contributed by atoms with E-state index in [-0.39, 0.29) is 6.03 Å². The summed E-state index contributed by atoms with van der Waals surface area (Å²) in [5, 5.41) is 5.47. The molecule has 0 aliphatic rings. The second-order valence-corrected chi connectivity index (χ2v) is 5.10. The summed E-state index contributed by atoms with van der Waals surface area (Å²) in [5.74, 6) is 0. The van der Waals surface area contributed by atoms with Crippen molar-refractivity contribution >= 4 is 39.0 Å². The molecule has 4 N–H and O–H groups in total. The molecule has 2 rings (SSSR count). The number of aryl methyl sites for hydroxylation is 1. The molecule has 0 aliphatic carbocycles. The lowest BCUT2D eigenvalue weighted by Crippen LogP contribution is -2.20. The van der Waals surface area contributed by atoms with Gasteiger partial charge in [0, 0.05) is 10.2 Å². The number of halogens is 1. The number of benzene rings is 2. The van der Waals surface area contributed by atoms with Gasteiger partial charge in [0.15, 0.2) is 0 Å². The molecule has 98 valence electrons. The first-order chi connectivity index (χ1) is 9.04. The molecule has 19 heavy (non-hydrogen) atoms. The number of carbonyl (C=O) groups is 1. The molecule has 0 heterocycles. The maximum Gasteiger partial charge on any atom is 0.323 e. The van der Waals surface area contributed by atoms with Crippen LogP contribution in [-0.2, 0) is 0 Å². The summed E-state index contributed by atoms with van der Waals surface area (Å²) in [7, 11) is 0. The molecule has 0 atom stereocenters. The Bertz CT molecular complexity index is 613. The highest BCUT2D eigenvalue weighted by Crippen LogP contribution is 2.20. The van der Waals surface area contributed by atoms with E-state index in [2.05, 4.69) is 26.6 Å². The van der Waals surface area contributed by atoms with Crippen molar-refractivity contribution in [2.45, 2.75) is 6.92 Å². The van der Waals surface area contributed by atoms with Crippen LogP contribution in [0.4, 0.5) is 21.9 Å². The normalized spacial score (nSPS) is 10.0. The average molecular weight is 320 g/mol. The number of urea groups is 1. The largest absolute Gasteiger partial charge is 0.397 e. The number of carbonyl (C=O) groups excluding carboxylic acids is 1. The third-order valence-corrected chi connectivity index (χ3v) is 3.03. The molecule has 0 bridgehead atoms. The average Bonchev–Trinajstić information content (AvgIpc) is 2.34. The topological polar surface area (TPSA) is 67.1 Å². The van der Waals surface area contributed by atoms with Crippen molar-refractivity contribution in [1.29, 1.82) is 0 Å². The number of hydrogen-bond acceptors (Lipinski definition) is 2. The van der Waals surface area contributed by atoms with Crippen molar-refractivity contribution in [2.24, 2.45) is 0 Å². The van der Waals surface area contributed by atoms with Gasteiger partial charge in [-0.1, -0.05) is 28.1 Å². The van der Waals surface area contributed by atoms with Crippen molar-refractivity contribution in [3.05, 3.63) is 52.5 Å². The predicted octanol–water partition coefficient (Wildman–Crippen LogP) is 3.98. The van der Waals surface area contributed by atoms with E-state index < -0.39 is 0 Å². The quantitative estimate of drug-likeness (QED) is 0.733. The van der Waals surface area contributed by atoms with Gasteiger partial charge in [0.2, 0.25) is 0 Å². The van der Waals surface area contributed by atoms with Gasteiger partial charge in [-0.3, -0.25) is 0 Å². The minimum atomic E-state index is -0.324. The highest BCUT2D eigenvalue weighted by molar-refractivity contribution is 9.10. The Kier molecular flexibility index (Phi) is 4.06. The molecule has 5 heteroatoms. The van der Waals surface area contributed by atoms with Gasteiger partial charge in [-0.05, 0) is 42.8 Å². The van der Waals surface area contributed by atoms with Gasteiger partial charge >= 0.3 is 6.03 Å². The van der Waals surface area contributed by atoms with Crippen LogP contribution in [0.1, 0.15) is 5.56 Å². The van der Waals surface area contributed by atoms with E-state index in [0.717, 1.165) is 10.0 Å². The van der Waals surface area contributed by atoms with E-state index in [0.29, 0.717) is 17.1 Å². The van der Waals surface area contributed by atoms with Crippen LogP contribution < -0.4 is 16.4 Å². The zero-order chi connectivity index (χ0) is 13.8. The molecule has 0 aromatic heterocycles. The lowest BCUT2D eigenvalue weighted by atomic mass is 10.2. The summed E-state index contributed by atoms with van der Waals surface area (Å²) in [5.41, 5.74) is 8.69. The molecule has 0 saturated carbocycles. The second-order valence-electron chi connectivity index (χ2n) is 4.18. The zero-order valence-electron chi connectivity index (χ0n) is 10.4. The highest BCUT2D eigenvalue weighted by atomic mass is 79.9. The van der Waals surface area contributed by atoms with Crippen LogP contribution in [-0.4, -0.2) is 6.03 Å². The molecule has 0 unspecified atom stereocenters. The van der Waals surface area contributed by atoms with E-state index in [1.54, 1.807) is 6.07 Å². The summed E-state index contributed by atoms with van der Waals surface area (Å²) >= 11 is 3.35. The first kappa shape index (κ1) is 13.4. The fourth-order valence-corrected chi connectivity index (χ4v) is 2.03. The van der Waals surface area contributed by atoms with E-state index in [1.807, 2.05) is 43.3 Å². The number of nitrogen functional groups attached to an aromatic ring is 1. The predicted molar refractivity (Wildman–Crippen MR) is 82.4 cm³/mol. The van der Waals surface area contributed by atoms with Crippen LogP contribution in [0.3, 0.4) is 0 Å². The minimum absolute atomic E-state index is 0.324. The van der Waals surface area contributed by atoms with Crippen molar-refractivity contribution in [3.8, 4) is 0 Å². The fourth-order valence-electron chi connectivity index (χ4n) is 1.63. The monoisotopic (exact) mass is 319 g/mol. The number of rotatable bonds is 2. The fraction of sp³-hybridized carbons (Fsp3) is 0.0714. The summed E-state index contributed by atoms with van der Waals surface area (Å²) < 4.78 is 0.903. The molecular weight excluding hydrogens is 306 g/mol. The summed E-state index contributed by atoms with van der Waals surface area (Å²) in [6, 6.07) is 12.5. The first-order valence-corrected chi connectivity index (χ1v) is 6.53. The van der Waals surface area contributed by atoms with Crippen molar-refractivity contribution in [1.82, 2.24) is 0 Å². The lowest BCUT2D eigenvalue weighted by Gasteiger charge is -2.10. The van der Waals surface area contributed by atoms with Crippen LogP contribution in [0.5, 0.6) is 0 Å². The molecule has 2 amide bonds. The third-order valence-electron chi connectivity index (χ3n) is 2.54. The Morgan fingerprint density at radius 1 is 1.16 bits per heavy atom. The molecule has 4 nitrogen and oxygen atoms in total. The van der Waals surface area contributed by atoms with Gasteiger partial charge in [0.1, 0.15) is 0 Å². The van der Waals surface area contributed by atoms with E-state index in [9.17, 15) is 4.79 Å². The van der Waals surface area contributed by atoms with Gasteiger partial charge in [-0.15, -0.1) is 0 Å². The standard InChI is InChI=1S/C14H14BrN3O/c1-9-5-6-12(16)13(7-9)18-14(19)17-11-4-2-3-10(15)8-11/h2-8H,16H2,1H3,(H2,17,18,19). The summed E-state index contributed by atoms with van der Waals surface area (Å²) in [6.45, 7) is 1.94. The van der Waals surface area contributed by atoms with Gasteiger partial charge in [-0.2, -0.15) is 0 Å². The Balaban J connectivity index is 2.07. The van der Waals surface area contributed by atoms with Crippen LogP contribution in [0.15, 0.2) is 46.9 Å². The molecule has 0 spiro atoms. The van der Waals surface area contributed by atoms with Crippen LogP contribution in [0.25, 0.3) is 0 Å². The molecule has 0 fully saturated rings. The van der Waals surface area contributed by atoms with Crippen LogP contribution in [0, 0.1) is 6.92 Å². The Hall–Kier alpha value is -2.01. The molecule has 2 aromatic carbocycles. The number of anilines is 3. The number of amides is 2. The van der Waals surface area contributed by atoms with Crippen LogP contribution in [0.2, 0.25) is 0 Å². The number of nitrogens with one attached hydrogen (secondary N) is 2. The summed E-state index contributed by atoms with van der Waals surface area (Å²) in [6.07, 6.45) is 0. The Morgan fingerprint density at radius 3 is 2.68 bits per heavy atom. The molecule has 0 saturated heterocycles. The van der Waals surface area contributed by atoms with Gasteiger partial charge in [-0.25, -0.2) is 4.79 Å². The smallest absolute Gasteiger partial charge is 0.323 e. The molecule has 0 aliphatic heterocycles. The summed E-state index contributed by atoms with van der Waals surface area (Å²) in [4.78, 5) is 11.9. The van der Waals surface area contributed by atoms with Gasteiger partial charge in [0.25, 0.3) is 0 Å². The second kappa shape index (κ2) is 5.75. The maximum absolute atomic E-state index is 11.9. The number of hydrogen-bond donors (Lipinski definition) is 3. The lowest BCUT2D eigenvalue weighted by molar-refractivity contribution is 0.262.